The zero-order valence-corrected chi connectivity index (χ0v) is 14.8. The molecule has 1 aromatic carbocycles. The number of thiophene rings is 1. The van der Waals surface area contributed by atoms with Gasteiger partial charge in [0.25, 0.3) is 11.9 Å². The molecule has 2 aromatic rings. The molecule has 1 aliphatic rings. The quantitative estimate of drug-likeness (QED) is 0.666. The molecule has 1 aliphatic carbocycles. The lowest BCUT2D eigenvalue weighted by Gasteiger charge is -2.23. The van der Waals surface area contributed by atoms with Gasteiger partial charge >= 0.3 is 0 Å². The molecular weight excluding hydrogens is 320 g/mol. The maximum Gasteiger partial charge on any atom is 0.292 e. The summed E-state index contributed by atoms with van der Waals surface area (Å²) in [6.07, 6.45) is 3.10. The van der Waals surface area contributed by atoms with Crippen LogP contribution in [-0.2, 0) is 11.2 Å². The Labute approximate surface area is 146 Å². The van der Waals surface area contributed by atoms with E-state index in [1.54, 1.807) is 6.07 Å². The number of amidine groups is 1. The summed E-state index contributed by atoms with van der Waals surface area (Å²) >= 11 is 1.40. The number of aliphatic imine (C=N–C) groups is 1. The number of amides is 1. The van der Waals surface area contributed by atoms with Crippen LogP contribution in [0.25, 0.3) is 0 Å². The fraction of sp³-hybridized carbons (Fsp3) is 0.368. The predicted molar refractivity (Wildman–Crippen MR) is 97.6 cm³/mol. The molecule has 0 saturated heterocycles. The molecule has 0 saturated carbocycles. The molecular formula is C19H22N2O2S. The minimum absolute atomic E-state index is 0.0346. The third-order valence-corrected chi connectivity index (χ3v) is 4.79. The summed E-state index contributed by atoms with van der Waals surface area (Å²) in [4.78, 5) is 17.7. The van der Waals surface area contributed by atoms with Gasteiger partial charge in [0.05, 0.1) is 17.0 Å². The Balaban J connectivity index is 1.83. The molecule has 1 amide bonds. The molecule has 1 heterocycles. The van der Waals surface area contributed by atoms with Crippen molar-refractivity contribution < 1.29 is 9.53 Å². The summed E-state index contributed by atoms with van der Waals surface area (Å²) in [7, 11) is 0. The van der Waals surface area contributed by atoms with Crippen LogP contribution in [0, 0.1) is 0 Å². The van der Waals surface area contributed by atoms with Gasteiger partial charge in [0.2, 0.25) is 0 Å². The number of aryl methyl sites for hydroxylation is 1. The molecule has 4 nitrogen and oxygen atoms in total. The summed E-state index contributed by atoms with van der Waals surface area (Å²) in [6, 6.07) is 12.4. The second-order valence-corrected chi connectivity index (χ2v) is 7.09. The smallest absolute Gasteiger partial charge is 0.292 e. The number of fused-ring (bicyclic) bond motifs is 1. The van der Waals surface area contributed by atoms with Crippen LogP contribution < -0.4 is 5.32 Å². The van der Waals surface area contributed by atoms with E-state index < -0.39 is 0 Å². The monoisotopic (exact) mass is 342 g/mol. The minimum atomic E-state index is -0.173. The number of carbonyl (C=O) groups is 1. The number of carbonyl (C=O) groups excluding carboxylic acids is 1. The van der Waals surface area contributed by atoms with E-state index in [0.29, 0.717) is 10.9 Å². The Morgan fingerprint density at radius 1 is 1.29 bits per heavy atom. The molecule has 0 fully saturated rings. The van der Waals surface area contributed by atoms with Crippen LogP contribution in [0.4, 0.5) is 0 Å². The molecule has 0 bridgehead atoms. The van der Waals surface area contributed by atoms with Crippen LogP contribution in [0.5, 0.6) is 0 Å². The SMILES string of the molecule is CC(C)OC(=N[C@@H]1CCCc2ccccc21)NC(=O)c1cccs1. The molecule has 1 atom stereocenters. The highest BCUT2D eigenvalue weighted by Gasteiger charge is 2.21. The summed E-state index contributed by atoms with van der Waals surface area (Å²) in [6.45, 7) is 3.86. The van der Waals surface area contributed by atoms with Gasteiger partial charge in [-0.05, 0) is 55.7 Å². The van der Waals surface area contributed by atoms with Gasteiger partial charge in [-0.3, -0.25) is 10.1 Å². The van der Waals surface area contributed by atoms with Gasteiger partial charge in [-0.1, -0.05) is 30.3 Å². The van der Waals surface area contributed by atoms with Crippen LogP contribution in [0.3, 0.4) is 0 Å². The number of benzene rings is 1. The van der Waals surface area contributed by atoms with E-state index >= 15 is 0 Å². The third-order valence-electron chi connectivity index (χ3n) is 3.92. The van der Waals surface area contributed by atoms with Crippen molar-refractivity contribution in [1.82, 2.24) is 5.32 Å². The highest BCUT2D eigenvalue weighted by atomic mass is 32.1. The van der Waals surface area contributed by atoms with Gasteiger partial charge in [0, 0.05) is 0 Å². The van der Waals surface area contributed by atoms with Crippen LogP contribution in [0.15, 0.2) is 46.8 Å². The lowest BCUT2D eigenvalue weighted by molar-refractivity contribution is 0.0963. The van der Waals surface area contributed by atoms with E-state index in [-0.39, 0.29) is 18.1 Å². The fourth-order valence-corrected chi connectivity index (χ4v) is 3.50. The highest BCUT2D eigenvalue weighted by molar-refractivity contribution is 7.12. The molecule has 3 rings (SSSR count). The molecule has 0 spiro atoms. The van der Waals surface area contributed by atoms with Crippen molar-refractivity contribution in [3.8, 4) is 0 Å². The lowest BCUT2D eigenvalue weighted by Crippen LogP contribution is -2.34. The number of nitrogens with one attached hydrogen (secondary N) is 1. The summed E-state index contributed by atoms with van der Waals surface area (Å²) in [5.41, 5.74) is 2.57. The average Bonchev–Trinajstić information content (AvgIpc) is 3.09. The van der Waals surface area contributed by atoms with E-state index in [2.05, 4.69) is 23.5 Å². The highest BCUT2D eigenvalue weighted by Crippen LogP contribution is 2.32. The Bertz CT molecular complexity index is 723. The van der Waals surface area contributed by atoms with Crippen LogP contribution >= 0.6 is 11.3 Å². The lowest BCUT2D eigenvalue weighted by atomic mass is 9.88. The van der Waals surface area contributed by atoms with Gasteiger partial charge in [0.15, 0.2) is 0 Å². The van der Waals surface area contributed by atoms with E-state index in [0.717, 1.165) is 19.3 Å². The molecule has 0 aliphatic heterocycles. The van der Waals surface area contributed by atoms with Gasteiger partial charge in [0.1, 0.15) is 0 Å². The van der Waals surface area contributed by atoms with Gasteiger partial charge in [-0.2, -0.15) is 0 Å². The molecule has 0 unspecified atom stereocenters. The van der Waals surface area contributed by atoms with Gasteiger partial charge < -0.3 is 4.74 Å². The summed E-state index contributed by atoms with van der Waals surface area (Å²) < 4.78 is 5.76. The first-order valence-electron chi connectivity index (χ1n) is 8.30. The normalized spacial score (nSPS) is 17.5. The molecule has 0 radical (unpaired) electrons. The van der Waals surface area contributed by atoms with Crippen molar-refractivity contribution in [2.24, 2.45) is 4.99 Å². The first kappa shape index (κ1) is 16.7. The summed E-state index contributed by atoms with van der Waals surface area (Å²) in [5, 5.41) is 4.71. The van der Waals surface area contributed by atoms with Crippen LogP contribution in [-0.4, -0.2) is 18.0 Å². The Hall–Kier alpha value is -2.14. The van der Waals surface area contributed by atoms with E-state index in [9.17, 15) is 4.79 Å². The van der Waals surface area contributed by atoms with Crippen molar-refractivity contribution in [3.63, 3.8) is 0 Å². The van der Waals surface area contributed by atoms with Crippen LogP contribution in [0.2, 0.25) is 0 Å². The topological polar surface area (TPSA) is 50.7 Å². The number of hydrogen-bond acceptors (Lipinski definition) is 4. The van der Waals surface area contributed by atoms with Crippen molar-refractivity contribution in [1.29, 1.82) is 0 Å². The van der Waals surface area contributed by atoms with Crippen molar-refractivity contribution in [2.75, 3.05) is 0 Å². The zero-order chi connectivity index (χ0) is 16.9. The number of hydrogen-bond donors (Lipinski definition) is 1. The van der Waals surface area contributed by atoms with Gasteiger partial charge in [-0.15, -0.1) is 11.3 Å². The zero-order valence-electron chi connectivity index (χ0n) is 14.0. The van der Waals surface area contributed by atoms with Crippen molar-refractivity contribution >= 4 is 23.3 Å². The first-order chi connectivity index (χ1) is 11.6. The molecule has 1 N–H and O–H groups in total. The number of nitrogens with zero attached hydrogens (tertiary/aromatic N) is 1. The maximum atomic E-state index is 12.3. The number of rotatable bonds is 3. The third kappa shape index (κ3) is 4.03. The largest absolute Gasteiger partial charge is 0.462 e. The van der Waals surface area contributed by atoms with Gasteiger partial charge in [-0.25, -0.2) is 4.99 Å². The minimum Gasteiger partial charge on any atom is -0.462 e. The molecule has 24 heavy (non-hydrogen) atoms. The average molecular weight is 342 g/mol. The molecule has 126 valence electrons. The second kappa shape index (κ2) is 7.62. The van der Waals surface area contributed by atoms with E-state index in [4.69, 9.17) is 9.73 Å². The fourth-order valence-electron chi connectivity index (χ4n) is 2.89. The van der Waals surface area contributed by atoms with Crippen LogP contribution in [0.1, 0.15) is 53.5 Å². The molecule has 1 aromatic heterocycles. The Morgan fingerprint density at radius 2 is 2.12 bits per heavy atom. The second-order valence-electron chi connectivity index (χ2n) is 6.14. The maximum absolute atomic E-state index is 12.3. The van der Waals surface area contributed by atoms with Crippen molar-refractivity contribution in [3.05, 3.63) is 57.8 Å². The van der Waals surface area contributed by atoms with E-state index in [1.807, 2.05) is 31.4 Å². The first-order valence-corrected chi connectivity index (χ1v) is 9.18. The Morgan fingerprint density at radius 3 is 2.88 bits per heavy atom. The predicted octanol–water partition coefficient (Wildman–Crippen LogP) is 4.34. The molecule has 5 heteroatoms. The standard InChI is InChI=1S/C19H22N2O2S/c1-13(2)23-19(21-18(22)17-11-6-12-24-17)20-16-10-5-8-14-7-3-4-9-15(14)16/h3-4,6-7,9,11-13,16H,5,8,10H2,1-2H3,(H,20,21,22)/t16-/m1/s1. The number of ether oxygens (including phenoxy) is 1. The van der Waals surface area contributed by atoms with Crippen molar-refractivity contribution in [2.45, 2.75) is 45.3 Å². The van der Waals surface area contributed by atoms with E-state index in [1.165, 1.54) is 22.5 Å². The Kier molecular flexibility index (Phi) is 5.30. The summed E-state index contributed by atoms with van der Waals surface area (Å²) in [5.74, 6) is -0.173.